The van der Waals surface area contributed by atoms with Gasteiger partial charge >= 0.3 is 6.18 Å². The van der Waals surface area contributed by atoms with Crippen LogP contribution in [0.1, 0.15) is 27.9 Å². The van der Waals surface area contributed by atoms with Gasteiger partial charge in [-0.15, -0.1) is 0 Å². The van der Waals surface area contributed by atoms with Crippen LogP contribution in [0.25, 0.3) is 22.3 Å². The molecule has 0 aliphatic carbocycles. The lowest BCUT2D eigenvalue weighted by molar-refractivity contribution is -0.137. The van der Waals surface area contributed by atoms with Crippen molar-refractivity contribution in [2.45, 2.75) is 18.6 Å². The van der Waals surface area contributed by atoms with Gasteiger partial charge in [-0.2, -0.15) is 13.2 Å². The summed E-state index contributed by atoms with van der Waals surface area (Å²) >= 11 is 0. The number of likely N-dealkylation sites (N-methyl/N-ethyl adjacent to an activating group) is 1. The highest BCUT2D eigenvalue weighted by Crippen LogP contribution is 2.32. The van der Waals surface area contributed by atoms with Crippen molar-refractivity contribution in [3.05, 3.63) is 132 Å². The van der Waals surface area contributed by atoms with Crippen molar-refractivity contribution in [2.75, 3.05) is 13.6 Å². The molecule has 0 saturated carbocycles. The van der Waals surface area contributed by atoms with Crippen LogP contribution in [0.3, 0.4) is 0 Å². The first kappa shape index (κ1) is 29.2. The molecule has 1 atom stereocenters. The Kier molecular flexibility index (Phi) is 8.63. The molecule has 8 heteroatoms. The van der Waals surface area contributed by atoms with Crippen molar-refractivity contribution in [2.24, 2.45) is 0 Å². The maximum atomic E-state index is 13.2. The van der Waals surface area contributed by atoms with Crippen LogP contribution in [0.2, 0.25) is 0 Å². The van der Waals surface area contributed by atoms with Crippen LogP contribution in [0.5, 0.6) is 0 Å². The van der Waals surface area contributed by atoms with Crippen LogP contribution in [-0.4, -0.2) is 36.3 Å². The highest BCUT2D eigenvalue weighted by Gasteiger charge is 2.31. The van der Waals surface area contributed by atoms with Crippen molar-refractivity contribution in [3.8, 4) is 34.1 Å². The molecule has 1 unspecified atom stereocenters. The molecule has 2 N–H and O–H groups in total. The van der Waals surface area contributed by atoms with E-state index < -0.39 is 23.7 Å². The first-order valence-electron chi connectivity index (χ1n) is 13.6. The first-order valence-corrected chi connectivity index (χ1v) is 13.6. The molecule has 43 heavy (non-hydrogen) atoms. The number of amides is 2. The van der Waals surface area contributed by atoms with Crippen LogP contribution in [-0.2, 0) is 11.0 Å². The molecule has 216 valence electrons. The molecule has 0 bridgehead atoms. The molecule has 1 heterocycles. The number of carbonyl (C=O) groups is 2. The van der Waals surface area contributed by atoms with Gasteiger partial charge in [-0.3, -0.25) is 9.59 Å². The van der Waals surface area contributed by atoms with Gasteiger partial charge in [0.05, 0.1) is 12.1 Å². The van der Waals surface area contributed by atoms with Gasteiger partial charge < -0.3 is 15.5 Å². The zero-order valence-corrected chi connectivity index (χ0v) is 23.3. The maximum absolute atomic E-state index is 13.2. The predicted molar refractivity (Wildman–Crippen MR) is 160 cm³/mol. The summed E-state index contributed by atoms with van der Waals surface area (Å²) in [5.74, 6) is 5.40. The number of nitrogens with zero attached hydrogens (tertiary/aromatic N) is 1. The van der Waals surface area contributed by atoms with Crippen LogP contribution in [0, 0.1) is 11.8 Å². The fourth-order valence-corrected chi connectivity index (χ4v) is 4.86. The van der Waals surface area contributed by atoms with Gasteiger partial charge in [0.2, 0.25) is 5.91 Å². The summed E-state index contributed by atoms with van der Waals surface area (Å²) < 4.78 is 39.0. The van der Waals surface area contributed by atoms with Crippen LogP contribution < -0.4 is 10.6 Å². The van der Waals surface area contributed by atoms with E-state index in [2.05, 4.69) is 22.5 Å². The van der Waals surface area contributed by atoms with Crippen molar-refractivity contribution < 1.29 is 22.8 Å². The molecular formula is C35H28F3N3O2. The Labute approximate surface area is 248 Å². The van der Waals surface area contributed by atoms with E-state index in [4.69, 9.17) is 0 Å². The van der Waals surface area contributed by atoms with Gasteiger partial charge in [0.15, 0.2) is 0 Å². The van der Waals surface area contributed by atoms with Crippen LogP contribution >= 0.6 is 0 Å². The second kappa shape index (κ2) is 12.7. The summed E-state index contributed by atoms with van der Waals surface area (Å²) in [6.45, 7) is 0.172. The third kappa shape index (κ3) is 7.14. The van der Waals surface area contributed by atoms with Crippen molar-refractivity contribution in [1.29, 1.82) is 0 Å². The lowest BCUT2D eigenvalue weighted by Crippen LogP contribution is -2.41. The molecule has 4 aromatic carbocycles. The summed E-state index contributed by atoms with van der Waals surface area (Å²) in [6, 6.07) is 28.8. The quantitative estimate of drug-likeness (QED) is 0.257. The fraction of sp³-hybridized carbons (Fsp3) is 0.143. The summed E-state index contributed by atoms with van der Waals surface area (Å²) in [4.78, 5) is 27.8. The van der Waals surface area contributed by atoms with Crippen molar-refractivity contribution >= 4 is 11.8 Å². The second-order valence-corrected chi connectivity index (χ2v) is 10.1. The van der Waals surface area contributed by atoms with E-state index in [9.17, 15) is 22.8 Å². The van der Waals surface area contributed by atoms with E-state index in [1.54, 1.807) is 42.4 Å². The standard InChI is InChI=1S/C35H28F3N3O2/c1-41-23-29(40-33(42)31-12-6-5-11-30(31)27-17-19-28(20-18-27)35(36,37)38)22-32(41)34(43)39-21-7-8-24-13-15-26(16-14-24)25-9-3-2-4-10-25/h2-6,9-20,23,32H,21-22H2,1H3,(H,39,43)(H,40,42). The number of carbonyl (C=O) groups excluding carboxylic acids is 2. The minimum atomic E-state index is -4.44. The number of alkyl halides is 3. The second-order valence-electron chi connectivity index (χ2n) is 10.1. The molecule has 5 rings (SSSR count). The molecule has 0 aromatic heterocycles. The van der Waals surface area contributed by atoms with Crippen LogP contribution in [0.15, 0.2) is 115 Å². The predicted octanol–water partition coefficient (Wildman–Crippen LogP) is 6.48. The zero-order chi connectivity index (χ0) is 30.4. The molecule has 1 aliphatic rings. The minimum Gasteiger partial charge on any atom is -0.367 e. The topological polar surface area (TPSA) is 61.4 Å². The molecule has 5 nitrogen and oxygen atoms in total. The molecule has 0 radical (unpaired) electrons. The van der Waals surface area contributed by atoms with Gasteiger partial charge in [0.25, 0.3) is 5.91 Å². The average molecular weight is 580 g/mol. The lowest BCUT2D eigenvalue weighted by Gasteiger charge is -2.18. The molecule has 0 spiro atoms. The Hall–Kier alpha value is -5.29. The molecular weight excluding hydrogens is 551 g/mol. The number of hydrogen-bond donors (Lipinski definition) is 2. The van der Waals surface area contributed by atoms with E-state index in [1.807, 2.05) is 54.6 Å². The van der Waals surface area contributed by atoms with E-state index >= 15 is 0 Å². The average Bonchev–Trinajstić information content (AvgIpc) is 3.39. The normalized spacial score (nSPS) is 14.4. The highest BCUT2D eigenvalue weighted by molar-refractivity contribution is 6.01. The van der Waals surface area contributed by atoms with Gasteiger partial charge in [-0.25, -0.2) is 0 Å². The smallest absolute Gasteiger partial charge is 0.367 e. The van der Waals surface area contributed by atoms with E-state index in [0.717, 1.165) is 28.8 Å². The number of rotatable bonds is 6. The van der Waals surface area contributed by atoms with Gasteiger partial charge in [0.1, 0.15) is 6.04 Å². The Morgan fingerprint density at radius 1 is 0.837 bits per heavy atom. The van der Waals surface area contributed by atoms with E-state index in [-0.39, 0.29) is 18.9 Å². The van der Waals surface area contributed by atoms with Crippen LogP contribution in [0.4, 0.5) is 13.2 Å². The molecule has 2 amide bonds. The molecule has 4 aromatic rings. The van der Waals surface area contributed by atoms with E-state index in [1.165, 1.54) is 12.1 Å². The molecule has 0 fully saturated rings. The summed E-state index contributed by atoms with van der Waals surface area (Å²) in [5.41, 5.74) is 4.17. The highest BCUT2D eigenvalue weighted by atomic mass is 19.4. The number of benzene rings is 4. The Morgan fingerprint density at radius 3 is 2.16 bits per heavy atom. The number of halogens is 3. The molecule has 1 aliphatic heterocycles. The third-order valence-corrected chi connectivity index (χ3v) is 7.11. The third-order valence-electron chi connectivity index (χ3n) is 7.11. The minimum absolute atomic E-state index is 0.172. The Morgan fingerprint density at radius 2 is 1.47 bits per heavy atom. The maximum Gasteiger partial charge on any atom is 0.416 e. The first-order chi connectivity index (χ1) is 20.7. The zero-order valence-electron chi connectivity index (χ0n) is 23.3. The Bertz CT molecular complexity index is 1700. The molecule has 0 saturated heterocycles. The number of nitrogens with one attached hydrogen (secondary N) is 2. The fourth-order valence-electron chi connectivity index (χ4n) is 4.86. The van der Waals surface area contributed by atoms with E-state index in [0.29, 0.717) is 22.4 Å². The summed E-state index contributed by atoms with van der Waals surface area (Å²) in [6.07, 6.45) is -2.46. The largest absolute Gasteiger partial charge is 0.416 e. The van der Waals surface area contributed by atoms with Crippen molar-refractivity contribution in [3.63, 3.8) is 0 Å². The lowest BCUT2D eigenvalue weighted by atomic mass is 9.98. The Balaban J connectivity index is 1.16. The van der Waals surface area contributed by atoms with Crippen molar-refractivity contribution in [1.82, 2.24) is 15.5 Å². The SMILES string of the molecule is CN1C=C(NC(=O)c2ccccc2-c2ccc(C(F)(F)F)cc2)CC1C(=O)NCC#Cc1ccc(-c2ccccc2)cc1. The summed E-state index contributed by atoms with van der Waals surface area (Å²) in [7, 11) is 1.75. The summed E-state index contributed by atoms with van der Waals surface area (Å²) in [5, 5.41) is 5.69. The monoisotopic (exact) mass is 579 g/mol. The number of hydrogen-bond acceptors (Lipinski definition) is 3. The van der Waals surface area contributed by atoms with Gasteiger partial charge in [-0.1, -0.05) is 84.6 Å². The van der Waals surface area contributed by atoms with Gasteiger partial charge in [0, 0.05) is 36.5 Å². The van der Waals surface area contributed by atoms with Gasteiger partial charge in [-0.05, 0) is 52.6 Å².